The maximum atomic E-state index is 12.5. The average molecular weight is 374 g/mol. The van der Waals surface area contributed by atoms with Crippen molar-refractivity contribution in [2.45, 2.75) is 32.9 Å². The van der Waals surface area contributed by atoms with Crippen LogP contribution in [-0.2, 0) is 4.79 Å². The number of aromatic nitrogens is 2. The molecule has 25 heavy (non-hydrogen) atoms. The molecule has 0 radical (unpaired) electrons. The van der Waals surface area contributed by atoms with E-state index < -0.39 is 12.7 Å². The van der Waals surface area contributed by atoms with E-state index in [2.05, 4.69) is 15.2 Å². The van der Waals surface area contributed by atoms with Crippen molar-refractivity contribution >= 4 is 23.2 Å². The zero-order valence-electron chi connectivity index (χ0n) is 13.7. The maximum Gasteiger partial charge on any atom is 0.387 e. The van der Waals surface area contributed by atoms with Crippen LogP contribution >= 0.6 is 11.6 Å². The standard InChI is InChI=1S/C16H18ClF2N3O3/c1-3-12(22-9-10(17)8-20-22)15(23)21-11-5-6-13(25-16(18)19)14(7-11)24-4-2/h5-9,12,16H,3-4H2,1-2H3,(H,21,23). The lowest BCUT2D eigenvalue weighted by atomic mass is 10.2. The van der Waals surface area contributed by atoms with Crippen molar-refractivity contribution < 1.29 is 23.0 Å². The number of alkyl halides is 2. The lowest BCUT2D eigenvalue weighted by molar-refractivity contribution is -0.119. The van der Waals surface area contributed by atoms with Crippen LogP contribution in [0.3, 0.4) is 0 Å². The molecular formula is C16H18ClF2N3O3. The Bertz CT molecular complexity index is 724. The highest BCUT2D eigenvalue weighted by Crippen LogP contribution is 2.32. The second-order valence-electron chi connectivity index (χ2n) is 5.02. The minimum Gasteiger partial charge on any atom is -0.490 e. The predicted octanol–water partition coefficient (Wildman–Crippen LogP) is 4.13. The van der Waals surface area contributed by atoms with E-state index >= 15 is 0 Å². The highest BCUT2D eigenvalue weighted by atomic mass is 35.5. The molecule has 0 bridgehead atoms. The van der Waals surface area contributed by atoms with E-state index in [0.717, 1.165) is 0 Å². The summed E-state index contributed by atoms with van der Waals surface area (Å²) in [5.41, 5.74) is 0.395. The van der Waals surface area contributed by atoms with Crippen molar-refractivity contribution in [1.29, 1.82) is 0 Å². The van der Waals surface area contributed by atoms with Crippen molar-refractivity contribution in [2.75, 3.05) is 11.9 Å². The molecule has 0 fully saturated rings. The first-order chi connectivity index (χ1) is 11.9. The summed E-state index contributed by atoms with van der Waals surface area (Å²) in [5.74, 6) is -0.288. The van der Waals surface area contributed by atoms with Gasteiger partial charge in [0.25, 0.3) is 0 Å². The van der Waals surface area contributed by atoms with Crippen LogP contribution < -0.4 is 14.8 Å². The second kappa shape index (κ2) is 8.66. The summed E-state index contributed by atoms with van der Waals surface area (Å²) in [6.45, 7) is 0.853. The number of amides is 1. The molecular weight excluding hydrogens is 356 g/mol. The van der Waals surface area contributed by atoms with Crippen LogP contribution in [0.2, 0.25) is 5.02 Å². The zero-order valence-corrected chi connectivity index (χ0v) is 14.5. The van der Waals surface area contributed by atoms with E-state index in [-0.39, 0.29) is 24.0 Å². The van der Waals surface area contributed by atoms with Gasteiger partial charge in [0.2, 0.25) is 5.91 Å². The highest BCUT2D eigenvalue weighted by molar-refractivity contribution is 6.30. The fourth-order valence-electron chi connectivity index (χ4n) is 2.25. The molecule has 0 aliphatic rings. The van der Waals surface area contributed by atoms with Crippen LogP contribution in [0, 0.1) is 0 Å². The zero-order chi connectivity index (χ0) is 18.4. The lowest BCUT2D eigenvalue weighted by Gasteiger charge is -2.17. The fourth-order valence-corrected chi connectivity index (χ4v) is 2.39. The number of halogens is 3. The summed E-state index contributed by atoms with van der Waals surface area (Å²) < 4.78 is 36.0. The number of ether oxygens (including phenoxy) is 2. The second-order valence-corrected chi connectivity index (χ2v) is 5.46. The third kappa shape index (κ3) is 5.06. The largest absolute Gasteiger partial charge is 0.490 e. The molecule has 0 aliphatic carbocycles. The van der Waals surface area contributed by atoms with Crippen LogP contribution in [0.4, 0.5) is 14.5 Å². The Labute approximate surface area is 148 Å². The van der Waals surface area contributed by atoms with E-state index in [9.17, 15) is 13.6 Å². The van der Waals surface area contributed by atoms with Gasteiger partial charge >= 0.3 is 6.61 Å². The number of carbonyl (C=O) groups is 1. The number of hydrogen-bond donors (Lipinski definition) is 1. The van der Waals surface area contributed by atoms with Gasteiger partial charge in [-0.3, -0.25) is 9.48 Å². The monoisotopic (exact) mass is 373 g/mol. The van der Waals surface area contributed by atoms with E-state index in [0.29, 0.717) is 17.1 Å². The first-order valence-electron chi connectivity index (χ1n) is 7.66. The summed E-state index contributed by atoms with van der Waals surface area (Å²) in [6, 6.07) is 3.65. The molecule has 0 aliphatic heterocycles. The van der Waals surface area contributed by atoms with E-state index in [1.165, 1.54) is 29.1 Å². The quantitative estimate of drug-likeness (QED) is 0.755. The van der Waals surface area contributed by atoms with Crippen LogP contribution in [0.1, 0.15) is 26.3 Å². The molecule has 9 heteroatoms. The third-order valence-corrected chi connectivity index (χ3v) is 3.50. The Morgan fingerprint density at radius 1 is 1.36 bits per heavy atom. The van der Waals surface area contributed by atoms with E-state index in [4.69, 9.17) is 16.3 Å². The predicted molar refractivity (Wildman–Crippen MR) is 89.4 cm³/mol. The molecule has 136 valence electrons. The number of benzene rings is 1. The SMILES string of the molecule is CCOc1cc(NC(=O)C(CC)n2cc(Cl)cn2)ccc1OC(F)F. The van der Waals surface area contributed by atoms with Crippen molar-refractivity contribution in [3.05, 3.63) is 35.6 Å². The van der Waals surface area contributed by atoms with Crippen LogP contribution in [0.25, 0.3) is 0 Å². The van der Waals surface area contributed by atoms with Gasteiger partial charge < -0.3 is 14.8 Å². The maximum absolute atomic E-state index is 12.5. The number of carbonyl (C=O) groups excluding carboxylic acids is 1. The molecule has 0 saturated carbocycles. The Hall–Kier alpha value is -2.35. The molecule has 1 aromatic heterocycles. The Balaban J connectivity index is 2.17. The van der Waals surface area contributed by atoms with Crippen LogP contribution in [-0.4, -0.2) is 28.9 Å². The van der Waals surface area contributed by atoms with Gasteiger partial charge in [0.1, 0.15) is 6.04 Å². The van der Waals surface area contributed by atoms with Gasteiger partial charge in [0.15, 0.2) is 11.5 Å². The van der Waals surface area contributed by atoms with Crippen molar-refractivity contribution in [2.24, 2.45) is 0 Å². The normalized spacial score (nSPS) is 12.1. The molecule has 1 heterocycles. The number of anilines is 1. The molecule has 2 rings (SSSR count). The van der Waals surface area contributed by atoms with Gasteiger partial charge in [0, 0.05) is 18.0 Å². The van der Waals surface area contributed by atoms with Crippen molar-refractivity contribution in [1.82, 2.24) is 9.78 Å². The van der Waals surface area contributed by atoms with Gasteiger partial charge in [0.05, 0.1) is 17.8 Å². The first-order valence-corrected chi connectivity index (χ1v) is 8.04. The minimum absolute atomic E-state index is 0.0965. The first kappa shape index (κ1) is 19.0. The molecule has 0 saturated heterocycles. The summed E-state index contributed by atoms with van der Waals surface area (Å²) in [6.07, 6.45) is 3.50. The minimum atomic E-state index is -2.96. The Kier molecular flexibility index (Phi) is 6.58. The number of hydrogen-bond acceptors (Lipinski definition) is 4. The van der Waals surface area contributed by atoms with Gasteiger partial charge in [-0.15, -0.1) is 0 Å². The molecule has 1 N–H and O–H groups in total. The van der Waals surface area contributed by atoms with Crippen molar-refractivity contribution in [3.8, 4) is 11.5 Å². The summed E-state index contributed by atoms with van der Waals surface area (Å²) >= 11 is 5.83. The molecule has 1 atom stereocenters. The number of nitrogens with zero attached hydrogens (tertiary/aromatic N) is 2. The molecule has 6 nitrogen and oxygen atoms in total. The molecule has 1 amide bonds. The van der Waals surface area contributed by atoms with Gasteiger partial charge in [-0.2, -0.15) is 13.9 Å². The van der Waals surface area contributed by atoms with Gasteiger partial charge in [-0.05, 0) is 25.5 Å². The smallest absolute Gasteiger partial charge is 0.387 e. The van der Waals surface area contributed by atoms with Gasteiger partial charge in [-0.25, -0.2) is 0 Å². The summed E-state index contributed by atoms with van der Waals surface area (Å²) in [4.78, 5) is 12.5. The Morgan fingerprint density at radius 3 is 2.68 bits per heavy atom. The van der Waals surface area contributed by atoms with Gasteiger partial charge in [-0.1, -0.05) is 18.5 Å². The number of rotatable bonds is 8. The van der Waals surface area contributed by atoms with Crippen molar-refractivity contribution in [3.63, 3.8) is 0 Å². The molecule has 1 unspecified atom stereocenters. The summed E-state index contributed by atoms with van der Waals surface area (Å²) in [7, 11) is 0. The van der Waals surface area contributed by atoms with E-state index in [1.807, 2.05) is 6.92 Å². The van der Waals surface area contributed by atoms with Crippen LogP contribution in [0.5, 0.6) is 11.5 Å². The third-order valence-electron chi connectivity index (χ3n) is 3.31. The molecule has 1 aromatic carbocycles. The van der Waals surface area contributed by atoms with Crippen LogP contribution in [0.15, 0.2) is 30.6 Å². The fraction of sp³-hybridized carbons (Fsp3) is 0.375. The molecule has 2 aromatic rings. The average Bonchev–Trinajstić information content (AvgIpc) is 2.96. The molecule has 0 spiro atoms. The highest BCUT2D eigenvalue weighted by Gasteiger charge is 2.20. The van der Waals surface area contributed by atoms with E-state index in [1.54, 1.807) is 13.1 Å². The lowest BCUT2D eigenvalue weighted by Crippen LogP contribution is -2.26. The Morgan fingerprint density at radius 2 is 2.12 bits per heavy atom. The topological polar surface area (TPSA) is 65.4 Å². The number of nitrogens with one attached hydrogen (secondary N) is 1. The summed E-state index contributed by atoms with van der Waals surface area (Å²) in [5, 5.41) is 7.18.